The molecule has 0 radical (unpaired) electrons. The smallest absolute Gasteiger partial charge is 0.339 e. The third-order valence-electron chi connectivity index (χ3n) is 5.78. The van der Waals surface area contributed by atoms with Crippen LogP contribution in [0.15, 0.2) is 24.3 Å². The second kappa shape index (κ2) is 12.7. The molecule has 33 heavy (non-hydrogen) atoms. The third-order valence-corrected chi connectivity index (χ3v) is 6.36. The van der Waals surface area contributed by atoms with Crippen LogP contribution in [0, 0.1) is 0 Å². The van der Waals surface area contributed by atoms with E-state index in [9.17, 15) is 30.0 Å². The highest BCUT2D eigenvalue weighted by Crippen LogP contribution is 2.40. The molecule has 0 saturated heterocycles. The number of aromatic carboxylic acids is 2. The quantitative estimate of drug-likeness (QED) is 0.214. The van der Waals surface area contributed by atoms with Gasteiger partial charge in [-0.2, -0.15) is 0 Å². The topological polar surface area (TPSA) is 115 Å². The molecule has 0 amide bonds. The van der Waals surface area contributed by atoms with Crippen molar-refractivity contribution in [1.82, 2.24) is 0 Å². The Bertz CT molecular complexity index is 920. The van der Waals surface area contributed by atoms with Gasteiger partial charge in [-0.05, 0) is 41.8 Å². The molecule has 180 valence electrons. The molecule has 4 N–H and O–H groups in total. The molecule has 0 unspecified atom stereocenters. The monoisotopic (exact) mass is 496 g/mol. The standard InChI is InChI=1S/C25H30Cl2O6/c1-2-3-4-5-6-7-8-9-10-17(15-11-18(24(30)31)22(28)20(26)13-15)16-12-19(25(32)33)23(29)21(27)14-16/h11-14,17,28-29H,2-10H2,1H3,(H,30,31)(H,32,33). The van der Waals surface area contributed by atoms with E-state index in [-0.39, 0.29) is 21.2 Å². The van der Waals surface area contributed by atoms with Crippen molar-refractivity contribution in [3.8, 4) is 11.5 Å². The lowest BCUT2D eigenvalue weighted by Gasteiger charge is -2.21. The zero-order valence-corrected chi connectivity index (χ0v) is 20.1. The molecule has 0 saturated carbocycles. The van der Waals surface area contributed by atoms with Crippen LogP contribution in [-0.2, 0) is 0 Å². The highest BCUT2D eigenvalue weighted by Gasteiger charge is 2.24. The summed E-state index contributed by atoms with van der Waals surface area (Å²) in [5.41, 5.74) is 0.385. The lowest BCUT2D eigenvalue weighted by atomic mass is 9.85. The summed E-state index contributed by atoms with van der Waals surface area (Å²) in [4.78, 5) is 23.2. The van der Waals surface area contributed by atoms with E-state index in [0.717, 1.165) is 25.7 Å². The lowest BCUT2D eigenvalue weighted by Crippen LogP contribution is -2.07. The van der Waals surface area contributed by atoms with Crippen LogP contribution in [-0.4, -0.2) is 32.4 Å². The summed E-state index contributed by atoms with van der Waals surface area (Å²) >= 11 is 12.2. The van der Waals surface area contributed by atoms with Crippen LogP contribution in [0.3, 0.4) is 0 Å². The zero-order chi connectivity index (χ0) is 24.5. The fraction of sp³-hybridized carbons (Fsp3) is 0.440. The Morgan fingerprint density at radius 2 is 1.12 bits per heavy atom. The number of hydrogen-bond donors (Lipinski definition) is 4. The third kappa shape index (κ3) is 7.27. The van der Waals surface area contributed by atoms with Crippen molar-refractivity contribution < 1.29 is 30.0 Å². The van der Waals surface area contributed by atoms with Crippen molar-refractivity contribution in [2.24, 2.45) is 0 Å². The first-order valence-electron chi connectivity index (χ1n) is 11.2. The fourth-order valence-corrected chi connectivity index (χ4v) is 4.43. The highest BCUT2D eigenvalue weighted by molar-refractivity contribution is 6.33. The number of unbranched alkanes of at least 4 members (excludes halogenated alkanes) is 7. The number of halogens is 2. The number of rotatable bonds is 13. The van der Waals surface area contributed by atoms with Crippen LogP contribution in [0.25, 0.3) is 0 Å². The highest BCUT2D eigenvalue weighted by atomic mass is 35.5. The summed E-state index contributed by atoms with van der Waals surface area (Å²) < 4.78 is 0. The summed E-state index contributed by atoms with van der Waals surface area (Å²) in [6.45, 7) is 2.18. The second-order valence-electron chi connectivity index (χ2n) is 8.22. The van der Waals surface area contributed by atoms with Gasteiger partial charge in [0.2, 0.25) is 0 Å². The normalized spacial score (nSPS) is 11.2. The van der Waals surface area contributed by atoms with Crippen molar-refractivity contribution >= 4 is 35.1 Å². The molecule has 2 aromatic rings. The molecule has 8 heteroatoms. The minimum absolute atomic E-state index is 0.103. The molecule has 0 atom stereocenters. The minimum atomic E-state index is -1.32. The number of hydrogen-bond acceptors (Lipinski definition) is 4. The average Bonchev–Trinajstić information content (AvgIpc) is 2.76. The van der Waals surface area contributed by atoms with E-state index in [1.54, 1.807) is 0 Å². The minimum Gasteiger partial charge on any atom is -0.505 e. The van der Waals surface area contributed by atoms with E-state index in [1.807, 2.05) is 0 Å². The fourth-order valence-electron chi connectivity index (χ4n) is 3.98. The van der Waals surface area contributed by atoms with Crippen LogP contribution in [0.5, 0.6) is 11.5 Å². The van der Waals surface area contributed by atoms with Gasteiger partial charge in [0.15, 0.2) is 0 Å². The lowest BCUT2D eigenvalue weighted by molar-refractivity contribution is 0.0682. The van der Waals surface area contributed by atoms with Crippen molar-refractivity contribution in [1.29, 1.82) is 0 Å². The van der Waals surface area contributed by atoms with Crippen LogP contribution >= 0.6 is 23.2 Å². The molecule has 6 nitrogen and oxygen atoms in total. The number of aromatic hydroxyl groups is 2. The first kappa shape index (κ1) is 26.8. The Balaban J connectivity index is 2.34. The van der Waals surface area contributed by atoms with Crippen LogP contribution < -0.4 is 0 Å². The maximum Gasteiger partial charge on any atom is 0.339 e. The number of carboxylic acids is 2. The number of benzene rings is 2. The van der Waals surface area contributed by atoms with Crippen LogP contribution in [0.1, 0.15) is 102 Å². The van der Waals surface area contributed by atoms with Gasteiger partial charge in [-0.25, -0.2) is 9.59 Å². The summed E-state index contributed by atoms with van der Waals surface area (Å²) in [6, 6.07) is 5.67. The zero-order valence-electron chi connectivity index (χ0n) is 18.6. The second-order valence-corrected chi connectivity index (χ2v) is 9.04. The number of phenols is 2. The molecule has 0 aromatic heterocycles. The molecule has 0 spiro atoms. The molecule has 0 heterocycles. The van der Waals surface area contributed by atoms with Gasteiger partial charge in [-0.1, -0.05) is 81.5 Å². The molecule has 0 fully saturated rings. The molecule has 0 aliphatic rings. The van der Waals surface area contributed by atoms with E-state index in [2.05, 4.69) is 6.92 Å². The molecule has 0 bridgehead atoms. The van der Waals surface area contributed by atoms with Crippen molar-refractivity contribution in [3.05, 3.63) is 56.6 Å². The van der Waals surface area contributed by atoms with Gasteiger partial charge in [0.25, 0.3) is 0 Å². The van der Waals surface area contributed by atoms with E-state index in [4.69, 9.17) is 23.2 Å². The first-order valence-corrected chi connectivity index (χ1v) is 11.9. The van der Waals surface area contributed by atoms with Gasteiger partial charge >= 0.3 is 11.9 Å². The largest absolute Gasteiger partial charge is 0.505 e. The van der Waals surface area contributed by atoms with Gasteiger partial charge in [-0.15, -0.1) is 0 Å². The maximum atomic E-state index is 11.6. The van der Waals surface area contributed by atoms with Gasteiger partial charge in [0, 0.05) is 5.92 Å². The van der Waals surface area contributed by atoms with Gasteiger partial charge in [0.05, 0.1) is 10.0 Å². The molecule has 0 aliphatic carbocycles. The van der Waals surface area contributed by atoms with Gasteiger partial charge in [0.1, 0.15) is 22.6 Å². The predicted octanol–water partition coefficient (Wildman–Crippen LogP) is 7.46. The van der Waals surface area contributed by atoms with E-state index in [0.29, 0.717) is 17.5 Å². The SMILES string of the molecule is CCCCCCCCCCC(c1cc(Cl)c(O)c(C(=O)O)c1)c1cc(Cl)c(O)c(C(=O)O)c1. The first-order chi connectivity index (χ1) is 15.7. The Labute approximate surface area is 203 Å². The Kier molecular flexibility index (Phi) is 10.3. The maximum absolute atomic E-state index is 11.6. The number of carbonyl (C=O) groups is 2. The van der Waals surface area contributed by atoms with E-state index >= 15 is 0 Å². The summed E-state index contributed by atoms with van der Waals surface area (Å²) in [7, 11) is 0. The van der Waals surface area contributed by atoms with Gasteiger partial charge < -0.3 is 20.4 Å². The Morgan fingerprint density at radius 3 is 1.52 bits per heavy atom. The number of carboxylic acid groups (broad SMARTS) is 2. The van der Waals surface area contributed by atoms with E-state index < -0.39 is 29.4 Å². The molecule has 0 aliphatic heterocycles. The van der Waals surface area contributed by atoms with Crippen LogP contribution in [0.2, 0.25) is 10.0 Å². The van der Waals surface area contributed by atoms with E-state index in [1.165, 1.54) is 49.9 Å². The summed E-state index contributed by atoms with van der Waals surface area (Å²) in [6.07, 6.45) is 9.46. The summed E-state index contributed by atoms with van der Waals surface area (Å²) in [5.74, 6) is -4.10. The van der Waals surface area contributed by atoms with Crippen LogP contribution in [0.4, 0.5) is 0 Å². The van der Waals surface area contributed by atoms with Crippen molar-refractivity contribution in [2.75, 3.05) is 0 Å². The molecular weight excluding hydrogens is 467 g/mol. The van der Waals surface area contributed by atoms with Gasteiger partial charge in [-0.3, -0.25) is 0 Å². The Morgan fingerprint density at radius 1 is 0.727 bits per heavy atom. The molecule has 2 rings (SSSR count). The van der Waals surface area contributed by atoms with Crippen molar-refractivity contribution in [2.45, 2.75) is 70.6 Å². The molecular formula is C25H30Cl2O6. The summed E-state index contributed by atoms with van der Waals surface area (Å²) in [5, 5.41) is 38.8. The average molecular weight is 497 g/mol. The Hall–Kier alpha value is -2.44. The molecule has 2 aromatic carbocycles. The predicted molar refractivity (Wildman–Crippen MR) is 129 cm³/mol. The van der Waals surface area contributed by atoms with Crippen molar-refractivity contribution in [3.63, 3.8) is 0 Å².